The molecule has 0 aromatic carbocycles. The van der Waals surface area contributed by atoms with Crippen molar-refractivity contribution >= 4 is 0 Å². The maximum atomic E-state index is 9.23. The van der Waals surface area contributed by atoms with Gasteiger partial charge in [0.2, 0.25) is 0 Å². The molecule has 1 fully saturated rings. The van der Waals surface area contributed by atoms with Crippen LogP contribution in [-0.2, 0) is 13.6 Å². The van der Waals surface area contributed by atoms with Crippen LogP contribution in [0.5, 0.6) is 0 Å². The molecular formula is C11H19N3O. The Labute approximate surface area is 90.5 Å². The highest BCUT2D eigenvalue weighted by Gasteiger charge is 2.24. The predicted octanol–water partition coefficient (Wildman–Crippen LogP) is 0.685. The van der Waals surface area contributed by atoms with Crippen molar-refractivity contribution < 1.29 is 5.11 Å². The van der Waals surface area contributed by atoms with E-state index in [2.05, 4.69) is 16.2 Å². The summed E-state index contributed by atoms with van der Waals surface area (Å²) in [5.74, 6) is 0. The van der Waals surface area contributed by atoms with E-state index >= 15 is 0 Å². The van der Waals surface area contributed by atoms with E-state index in [0.29, 0.717) is 6.04 Å². The van der Waals surface area contributed by atoms with Gasteiger partial charge in [-0.1, -0.05) is 0 Å². The smallest absolute Gasteiger partial charge is 0.0638 e. The second-order valence-electron chi connectivity index (χ2n) is 4.36. The summed E-state index contributed by atoms with van der Waals surface area (Å²) in [6.45, 7) is 4.34. The van der Waals surface area contributed by atoms with Gasteiger partial charge in [-0.2, -0.15) is 5.10 Å². The van der Waals surface area contributed by atoms with Gasteiger partial charge in [0.05, 0.1) is 12.3 Å². The van der Waals surface area contributed by atoms with Crippen LogP contribution in [0.25, 0.3) is 0 Å². The Morgan fingerprint density at radius 2 is 2.40 bits per heavy atom. The number of aromatic nitrogens is 2. The van der Waals surface area contributed by atoms with Crippen LogP contribution in [0.2, 0.25) is 0 Å². The van der Waals surface area contributed by atoms with E-state index in [-0.39, 0.29) is 6.61 Å². The van der Waals surface area contributed by atoms with E-state index in [1.807, 2.05) is 18.7 Å². The number of likely N-dealkylation sites (tertiary alicyclic amines) is 1. The molecule has 0 amide bonds. The summed E-state index contributed by atoms with van der Waals surface area (Å²) in [6, 6.07) is 0.351. The maximum Gasteiger partial charge on any atom is 0.0638 e. The minimum absolute atomic E-state index is 0.277. The molecule has 1 aliphatic rings. The van der Waals surface area contributed by atoms with Crippen LogP contribution in [0.3, 0.4) is 0 Å². The standard InChI is InChI=1S/C11H19N3O/c1-9-10(6-13(2)12-9)7-14-5-3-4-11(14)8-15/h6,11,15H,3-5,7-8H2,1-2H3/t11-/m0/s1. The number of hydrogen-bond donors (Lipinski definition) is 1. The zero-order chi connectivity index (χ0) is 10.8. The average molecular weight is 209 g/mol. The molecule has 1 aliphatic heterocycles. The van der Waals surface area contributed by atoms with Gasteiger partial charge in [0, 0.05) is 31.4 Å². The molecule has 0 radical (unpaired) electrons. The van der Waals surface area contributed by atoms with Crippen molar-refractivity contribution in [2.24, 2.45) is 7.05 Å². The quantitative estimate of drug-likeness (QED) is 0.796. The van der Waals surface area contributed by atoms with E-state index in [0.717, 1.165) is 25.2 Å². The zero-order valence-electron chi connectivity index (χ0n) is 9.48. The van der Waals surface area contributed by atoms with Crippen LogP contribution in [0.4, 0.5) is 0 Å². The van der Waals surface area contributed by atoms with Gasteiger partial charge in [0.15, 0.2) is 0 Å². The lowest BCUT2D eigenvalue weighted by Gasteiger charge is -2.22. The summed E-state index contributed by atoms with van der Waals surface area (Å²) in [6.07, 6.45) is 4.39. The van der Waals surface area contributed by atoms with Gasteiger partial charge >= 0.3 is 0 Å². The summed E-state index contributed by atoms with van der Waals surface area (Å²) in [7, 11) is 1.95. The molecule has 1 aromatic rings. The van der Waals surface area contributed by atoms with Crippen molar-refractivity contribution in [1.29, 1.82) is 0 Å². The first-order valence-corrected chi connectivity index (χ1v) is 5.54. The first kappa shape index (κ1) is 10.6. The number of aliphatic hydroxyl groups is 1. The normalized spacial score (nSPS) is 22.5. The molecule has 15 heavy (non-hydrogen) atoms. The van der Waals surface area contributed by atoms with Crippen molar-refractivity contribution in [2.45, 2.75) is 32.4 Å². The fourth-order valence-corrected chi connectivity index (χ4v) is 2.33. The first-order chi connectivity index (χ1) is 7.20. The van der Waals surface area contributed by atoms with Crippen molar-refractivity contribution in [3.8, 4) is 0 Å². The maximum absolute atomic E-state index is 9.23. The lowest BCUT2D eigenvalue weighted by molar-refractivity contribution is 0.153. The fourth-order valence-electron chi connectivity index (χ4n) is 2.33. The van der Waals surface area contributed by atoms with Gasteiger partial charge in [0.25, 0.3) is 0 Å². The third kappa shape index (κ3) is 2.21. The molecule has 0 aliphatic carbocycles. The summed E-state index contributed by atoms with van der Waals surface area (Å²) in [5.41, 5.74) is 2.37. The van der Waals surface area contributed by atoms with Gasteiger partial charge in [-0.3, -0.25) is 9.58 Å². The molecule has 1 atom stereocenters. The Morgan fingerprint density at radius 3 is 3.00 bits per heavy atom. The lowest BCUT2D eigenvalue weighted by Crippen LogP contribution is -2.31. The number of aliphatic hydroxyl groups excluding tert-OH is 1. The zero-order valence-corrected chi connectivity index (χ0v) is 9.48. The van der Waals surface area contributed by atoms with Crippen molar-refractivity contribution in [1.82, 2.24) is 14.7 Å². The summed E-state index contributed by atoms with van der Waals surface area (Å²) in [4.78, 5) is 2.35. The second-order valence-corrected chi connectivity index (χ2v) is 4.36. The summed E-state index contributed by atoms with van der Waals surface area (Å²) in [5, 5.41) is 13.6. The predicted molar refractivity (Wildman–Crippen MR) is 58.5 cm³/mol. The molecule has 1 aromatic heterocycles. The number of aryl methyl sites for hydroxylation is 2. The molecule has 4 nitrogen and oxygen atoms in total. The van der Waals surface area contributed by atoms with Gasteiger partial charge in [-0.25, -0.2) is 0 Å². The third-order valence-electron chi connectivity index (χ3n) is 3.20. The molecule has 0 bridgehead atoms. The number of hydrogen-bond acceptors (Lipinski definition) is 3. The first-order valence-electron chi connectivity index (χ1n) is 5.54. The van der Waals surface area contributed by atoms with Crippen molar-refractivity contribution in [2.75, 3.05) is 13.2 Å². The minimum atomic E-state index is 0.277. The van der Waals surface area contributed by atoms with Gasteiger partial charge < -0.3 is 5.11 Å². The molecule has 84 valence electrons. The third-order valence-corrected chi connectivity index (χ3v) is 3.20. The van der Waals surface area contributed by atoms with Crippen LogP contribution < -0.4 is 0 Å². The highest BCUT2D eigenvalue weighted by molar-refractivity contribution is 5.15. The van der Waals surface area contributed by atoms with Gasteiger partial charge in [0.1, 0.15) is 0 Å². The SMILES string of the molecule is Cc1nn(C)cc1CN1CCC[C@H]1CO. The monoisotopic (exact) mass is 209 g/mol. The molecule has 2 rings (SSSR count). The number of nitrogens with zero attached hydrogens (tertiary/aromatic N) is 3. The van der Waals surface area contributed by atoms with E-state index in [9.17, 15) is 5.11 Å². The summed E-state index contributed by atoms with van der Waals surface area (Å²) < 4.78 is 1.86. The largest absolute Gasteiger partial charge is 0.395 e. The van der Waals surface area contributed by atoms with E-state index in [1.165, 1.54) is 12.0 Å². The summed E-state index contributed by atoms with van der Waals surface area (Å²) >= 11 is 0. The molecule has 0 saturated carbocycles. The van der Waals surface area contributed by atoms with Crippen LogP contribution >= 0.6 is 0 Å². The van der Waals surface area contributed by atoms with E-state index < -0.39 is 0 Å². The Bertz CT molecular complexity index is 335. The fraction of sp³-hybridized carbons (Fsp3) is 0.727. The molecule has 2 heterocycles. The second kappa shape index (κ2) is 4.33. The molecule has 1 saturated heterocycles. The lowest BCUT2D eigenvalue weighted by atomic mass is 10.2. The Morgan fingerprint density at radius 1 is 1.60 bits per heavy atom. The van der Waals surface area contributed by atoms with Crippen LogP contribution in [0.1, 0.15) is 24.1 Å². The number of rotatable bonds is 3. The van der Waals surface area contributed by atoms with Crippen LogP contribution in [0, 0.1) is 6.92 Å². The molecule has 0 spiro atoms. The molecule has 4 heteroatoms. The van der Waals surface area contributed by atoms with Crippen LogP contribution in [0.15, 0.2) is 6.20 Å². The topological polar surface area (TPSA) is 41.3 Å². The Hall–Kier alpha value is -0.870. The van der Waals surface area contributed by atoms with Crippen molar-refractivity contribution in [3.05, 3.63) is 17.5 Å². The van der Waals surface area contributed by atoms with Crippen LogP contribution in [-0.4, -0.2) is 39.0 Å². The molecular weight excluding hydrogens is 190 g/mol. The average Bonchev–Trinajstić information content (AvgIpc) is 2.74. The molecule has 1 N–H and O–H groups in total. The molecule has 0 unspecified atom stereocenters. The Balaban J connectivity index is 2.05. The van der Waals surface area contributed by atoms with Gasteiger partial charge in [-0.05, 0) is 26.3 Å². The highest BCUT2D eigenvalue weighted by Crippen LogP contribution is 2.20. The van der Waals surface area contributed by atoms with E-state index in [1.54, 1.807) is 0 Å². The highest BCUT2D eigenvalue weighted by atomic mass is 16.3. The van der Waals surface area contributed by atoms with Crippen molar-refractivity contribution in [3.63, 3.8) is 0 Å². The minimum Gasteiger partial charge on any atom is -0.395 e. The van der Waals surface area contributed by atoms with Gasteiger partial charge in [-0.15, -0.1) is 0 Å². The van der Waals surface area contributed by atoms with E-state index in [4.69, 9.17) is 0 Å². The Kier molecular flexibility index (Phi) is 3.07.